The average molecular weight is 600 g/mol. The lowest BCUT2D eigenvalue weighted by molar-refractivity contribution is -0.140. The van der Waals surface area contributed by atoms with E-state index < -0.39 is 28.5 Å². The smallest absolute Gasteiger partial charge is 0.264 e. The first-order chi connectivity index (χ1) is 19.5. The summed E-state index contributed by atoms with van der Waals surface area (Å²) in [6.07, 6.45) is 0.348. The van der Waals surface area contributed by atoms with E-state index in [1.54, 1.807) is 43.5 Å². The summed E-state index contributed by atoms with van der Waals surface area (Å²) in [6, 6.07) is 19.1. The van der Waals surface area contributed by atoms with Crippen molar-refractivity contribution in [2.75, 3.05) is 24.5 Å². The molecule has 1 atom stereocenters. The van der Waals surface area contributed by atoms with Crippen LogP contribution in [-0.2, 0) is 26.2 Å². The van der Waals surface area contributed by atoms with E-state index in [-0.39, 0.29) is 23.3 Å². The van der Waals surface area contributed by atoms with Crippen molar-refractivity contribution in [2.24, 2.45) is 5.92 Å². The Balaban J connectivity index is 2.03. The van der Waals surface area contributed by atoms with Crippen LogP contribution in [0.5, 0.6) is 5.75 Å². The van der Waals surface area contributed by atoms with Gasteiger partial charge in [0.1, 0.15) is 18.3 Å². The Labute approximate surface area is 248 Å². The molecule has 3 aromatic rings. The summed E-state index contributed by atoms with van der Waals surface area (Å²) in [7, 11) is -2.59. The largest absolute Gasteiger partial charge is 0.497 e. The van der Waals surface area contributed by atoms with E-state index in [4.69, 9.17) is 16.3 Å². The molecule has 0 heterocycles. The molecule has 2 amide bonds. The second kappa shape index (κ2) is 14.4. The van der Waals surface area contributed by atoms with Gasteiger partial charge in [0.15, 0.2) is 0 Å². The molecule has 3 aromatic carbocycles. The normalized spacial score (nSPS) is 12.1. The topological polar surface area (TPSA) is 96.0 Å². The molecule has 0 aliphatic rings. The van der Waals surface area contributed by atoms with Gasteiger partial charge in [0.25, 0.3) is 10.0 Å². The number of carbonyl (C=O) groups is 2. The number of rotatable bonds is 13. The molecule has 0 fully saturated rings. The molecule has 3 rings (SSSR count). The predicted octanol–water partition coefficient (Wildman–Crippen LogP) is 5.43. The zero-order valence-corrected chi connectivity index (χ0v) is 25.7. The second-order valence-electron chi connectivity index (χ2n) is 10.2. The zero-order valence-electron chi connectivity index (χ0n) is 24.1. The Morgan fingerprint density at radius 2 is 1.56 bits per heavy atom. The third-order valence-corrected chi connectivity index (χ3v) is 8.62. The van der Waals surface area contributed by atoms with Gasteiger partial charge in [0.2, 0.25) is 11.8 Å². The molecule has 220 valence electrons. The number of anilines is 1. The zero-order chi connectivity index (χ0) is 30.2. The summed E-state index contributed by atoms with van der Waals surface area (Å²) < 4.78 is 34.1. The van der Waals surface area contributed by atoms with E-state index in [1.165, 1.54) is 29.2 Å². The van der Waals surface area contributed by atoms with Crippen molar-refractivity contribution in [1.29, 1.82) is 0 Å². The fourth-order valence-corrected chi connectivity index (χ4v) is 5.78. The third-order valence-electron chi connectivity index (χ3n) is 6.58. The van der Waals surface area contributed by atoms with E-state index in [2.05, 4.69) is 5.32 Å². The van der Waals surface area contributed by atoms with Crippen LogP contribution in [0.3, 0.4) is 0 Å². The number of ether oxygens (including phenoxy) is 1. The van der Waals surface area contributed by atoms with Gasteiger partial charge < -0.3 is 15.0 Å². The van der Waals surface area contributed by atoms with E-state index in [9.17, 15) is 18.0 Å². The molecule has 0 aliphatic heterocycles. The van der Waals surface area contributed by atoms with Gasteiger partial charge in [0, 0.05) is 18.1 Å². The average Bonchev–Trinajstić information content (AvgIpc) is 2.95. The van der Waals surface area contributed by atoms with Crippen LogP contribution >= 0.6 is 11.6 Å². The molecule has 0 bridgehead atoms. The molecule has 0 saturated heterocycles. The van der Waals surface area contributed by atoms with Crippen LogP contribution in [0.2, 0.25) is 5.02 Å². The monoisotopic (exact) mass is 599 g/mol. The SMILES string of the molecule is CC[C@H](C(=O)NCC(C)C)N(Cc1ccc(OC)cc1)C(=O)CN(c1ccc(C)cc1)S(=O)(=O)c1ccc(Cl)cc1. The molecule has 41 heavy (non-hydrogen) atoms. The molecule has 0 unspecified atom stereocenters. The molecule has 1 N–H and O–H groups in total. The lowest BCUT2D eigenvalue weighted by atomic mass is 10.1. The number of nitrogens with one attached hydrogen (secondary N) is 1. The van der Waals surface area contributed by atoms with Gasteiger partial charge in [-0.25, -0.2) is 8.42 Å². The molecule has 0 radical (unpaired) electrons. The second-order valence-corrected chi connectivity index (χ2v) is 12.5. The summed E-state index contributed by atoms with van der Waals surface area (Å²) in [5.74, 6) is 0.0904. The molecular weight excluding hydrogens is 562 g/mol. The van der Waals surface area contributed by atoms with Crippen molar-refractivity contribution in [3.63, 3.8) is 0 Å². The van der Waals surface area contributed by atoms with Crippen LogP contribution < -0.4 is 14.4 Å². The highest BCUT2D eigenvalue weighted by atomic mass is 35.5. The number of hydrogen-bond acceptors (Lipinski definition) is 5. The standard InChI is InChI=1S/C31H38ClN3O5S/c1-6-29(31(37)33-19-22(2)3)34(20-24-9-15-27(40-5)16-10-24)30(36)21-35(26-13-7-23(4)8-14-26)41(38,39)28-17-11-25(32)12-18-28/h7-18,22,29H,6,19-21H2,1-5H3,(H,33,37)/t29-/m1/s1. The number of aryl methyl sites for hydroxylation is 1. The van der Waals surface area contributed by atoms with E-state index >= 15 is 0 Å². The number of hydrogen-bond donors (Lipinski definition) is 1. The summed E-state index contributed by atoms with van der Waals surface area (Å²) in [5, 5.41) is 3.32. The van der Waals surface area contributed by atoms with Crippen LogP contribution in [-0.4, -0.2) is 51.4 Å². The van der Waals surface area contributed by atoms with E-state index in [0.29, 0.717) is 29.4 Å². The molecular formula is C31H38ClN3O5S. The van der Waals surface area contributed by atoms with Crippen LogP contribution in [0, 0.1) is 12.8 Å². The van der Waals surface area contributed by atoms with Gasteiger partial charge in [-0.15, -0.1) is 0 Å². The summed E-state index contributed by atoms with van der Waals surface area (Å²) in [5.41, 5.74) is 2.05. The molecule has 0 aromatic heterocycles. The molecule has 0 saturated carbocycles. The maximum absolute atomic E-state index is 14.1. The Hall–Kier alpha value is -3.56. The highest BCUT2D eigenvalue weighted by Gasteiger charge is 2.33. The van der Waals surface area contributed by atoms with Crippen LogP contribution in [0.4, 0.5) is 5.69 Å². The number of methoxy groups -OCH3 is 1. The number of nitrogens with zero attached hydrogens (tertiary/aromatic N) is 2. The van der Waals surface area contributed by atoms with Gasteiger partial charge >= 0.3 is 0 Å². The molecule has 0 spiro atoms. The minimum absolute atomic E-state index is 0.00121. The summed E-state index contributed by atoms with van der Waals surface area (Å²) in [6.45, 7) is 7.77. The van der Waals surface area contributed by atoms with Gasteiger partial charge in [-0.2, -0.15) is 0 Å². The lowest BCUT2D eigenvalue weighted by Gasteiger charge is -2.33. The van der Waals surface area contributed by atoms with Gasteiger partial charge in [-0.3, -0.25) is 13.9 Å². The highest BCUT2D eigenvalue weighted by molar-refractivity contribution is 7.92. The molecule has 0 aliphatic carbocycles. The minimum atomic E-state index is -4.16. The first-order valence-electron chi connectivity index (χ1n) is 13.5. The van der Waals surface area contributed by atoms with Crippen LogP contribution in [0.25, 0.3) is 0 Å². The third kappa shape index (κ3) is 8.47. The Morgan fingerprint density at radius 3 is 2.10 bits per heavy atom. The number of sulfonamides is 1. The van der Waals surface area contributed by atoms with Crippen molar-refractivity contribution in [2.45, 2.75) is 51.6 Å². The minimum Gasteiger partial charge on any atom is -0.497 e. The van der Waals surface area contributed by atoms with Crippen molar-refractivity contribution < 1.29 is 22.7 Å². The first-order valence-corrected chi connectivity index (χ1v) is 15.3. The van der Waals surface area contributed by atoms with Crippen molar-refractivity contribution >= 4 is 39.1 Å². The fourth-order valence-electron chi connectivity index (χ4n) is 4.24. The quantitative estimate of drug-likeness (QED) is 0.283. The summed E-state index contributed by atoms with van der Waals surface area (Å²) in [4.78, 5) is 28.8. The molecule has 8 nitrogen and oxygen atoms in total. The van der Waals surface area contributed by atoms with Gasteiger partial charge in [-0.1, -0.05) is 62.2 Å². The van der Waals surface area contributed by atoms with Crippen LogP contribution in [0.15, 0.2) is 77.7 Å². The summed E-state index contributed by atoms with van der Waals surface area (Å²) >= 11 is 6.01. The van der Waals surface area contributed by atoms with E-state index in [1.807, 2.05) is 39.8 Å². The number of amides is 2. The van der Waals surface area contributed by atoms with Gasteiger partial charge in [-0.05, 0) is 73.4 Å². The van der Waals surface area contributed by atoms with Gasteiger partial charge in [0.05, 0.1) is 17.7 Å². The maximum Gasteiger partial charge on any atom is 0.264 e. The van der Waals surface area contributed by atoms with Crippen molar-refractivity contribution in [1.82, 2.24) is 10.2 Å². The maximum atomic E-state index is 14.1. The van der Waals surface area contributed by atoms with E-state index in [0.717, 1.165) is 15.4 Å². The lowest BCUT2D eigenvalue weighted by Crippen LogP contribution is -2.52. The Morgan fingerprint density at radius 1 is 0.951 bits per heavy atom. The predicted molar refractivity (Wildman–Crippen MR) is 163 cm³/mol. The Bertz CT molecular complexity index is 1410. The van der Waals surface area contributed by atoms with Crippen molar-refractivity contribution in [3.8, 4) is 5.75 Å². The number of carbonyl (C=O) groups excluding carboxylic acids is 2. The number of halogens is 1. The fraction of sp³-hybridized carbons (Fsp3) is 0.355. The Kier molecular flexibility index (Phi) is 11.2. The highest BCUT2D eigenvalue weighted by Crippen LogP contribution is 2.26. The first kappa shape index (κ1) is 32.0. The number of benzene rings is 3. The van der Waals surface area contributed by atoms with Crippen molar-refractivity contribution in [3.05, 3.63) is 88.9 Å². The molecule has 10 heteroatoms. The van der Waals surface area contributed by atoms with Crippen LogP contribution in [0.1, 0.15) is 38.3 Å².